The van der Waals surface area contributed by atoms with Crippen molar-refractivity contribution in [2.24, 2.45) is 0 Å². The molecule has 0 atom stereocenters. The van der Waals surface area contributed by atoms with Gasteiger partial charge in [-0.05, 0) is 12.6 Å². The summed E-state index contributed by atoms with van der Waals surface area (Å²) in [4.78, 5) is 26.6. The molecule has 1 aromatic rings. The average molecular weight is 306 g/mol. The summed E-state index contributed by atoms with van der Waals surface area (Å²) < 4.78 is 0. The normalized spacial score (nSPS) is 10.4. The summed E-state index contributed by atoms with van der Waals surface area (Å²) >= 11 is 0. The number of amides is 3. The Morgan fingerprint density at radius 1 is 1.00 bits per heavy atom. The highest BCUT2D eigenvalue weighted by atomic mass is 16.2. The first-order valence-electron chi connectivity index (χ1n) is 7.43. The number of nitrogens with zero attached hydrogens (tertiary/aromatic N) is 2. The Morgan fingerprint density at radius 2 is 1.64 bits per heavy atom. The van der Waals surface area contributed by atoms with Gasteiger partial charge in [0.15, 0.2) is 0 Å². The Labute approximate surface area is 132 Å². The van der Waals surface area contributed by atoms with E-state index in [1.54, 1.807) is 14.1 Å². The Kier molecular flexibility index (Phi) is 7.99. The topological polar surface area (TPSA) is 64.7 Å². The first-order valence-corrected chi connectivity index (χ1v) is 7.43. The zero-order valence-corrected chi connectivity index (χ0v) is 13.6. The minimum absolute atomic E-state index is 0.00268. The van der Waals surface area contributed by atoms with Crippen molar-refractivity contribution in [3.63, 3.8) is 0 Å². The zero-order chi connectivity index (χ0) is 16.4. The van der Waals surface area contributed by atoms with Gasteiger partial charge in [0.1, 0.15) is 0 Å². The number of carbonyl (C=O) groups excluding carboxylic acids is 2. The number of hydrogen-bond donors (Lipinski definition) is 2. The van der Waals surface area contributed by atoms with E-state index in [4.69, 9.17) is 0 Å². The van der Waals surface area contributed by atoms with E-state index < -0.39 is 0 Å². The number of rotatable bonds is 8. The van der Waals surface area contributed by atoms with E-state index in [1.165, 1.54) is 10.5 Å². The number of nitrogens with one attached hydrogen (secondary N) is 2. The largest absolute Gasteiger partial charge is 0.349 e. The van der Waals surface area contributed by atoms with Crippen LogP contribution in [-0.2, 0) is 11.3 Å². The van der Waals surface area contributed by atoms with Crippen molar-refractivity contribution in [2.75, 3.05) is 40.8 Å². The molecule has 0 aliphatic heterocycles. The molecule has 1 aromatic carbocycles. The Balaban J connectivity index is 2.10. The molecule has 3 amide bonds. The molecule has 0 radical (unpaired) electrons. The molecule has 0 unspecified atom stereocenters. The highest BCUT2D eigenvalue weighted by Crippen LogP contribution is 2.01. The van der Waals surface area contributed by atoms with Crippen LogP contribution in [0.5, 0.6) is 0 Å². The van der Waals surface area contributed by atoms with Crippen molar-refractivity contribution in [3.8, 4) is 0 Å². The van der Waals surface area contributed by atoms with E-state index in [0.717, 1.165) is 13.1 Å². The van der Waals surface area contributed by atoms with Gasteiger partial charge in [-0.15, -0.1) is 0 Å². The van der Waals surface area contributed by atoms with Crippen molar-refractivity contribution >= 4 is 11.9 Å². The quantitative estimate of drug-likeness (QED) is 0.750. The number of likely N-dealkylation sites (N-methyl/N-ethyl adjacent to an activating group) is 1. The summed E-state index contributed by atoms with van der Waals surface area (Å²) in [6.07, 6.45) is 0.314. The molecule has 22 heavy (non-hydrogen) atoms. The fraction of sp³-hybridized carbons (Fsp3) is 0.500. The SMILES string of the molecule is CN(CCNC(=O)NCCC(=O)N(C)C)Cc1ccccc1. The monoisotopic (exact) mass is 306 g/mol. The van der Waals surface area contributed by atoms with Crippen LogP contribution in [0.1, 0.15) is 12.0 Å². The van der Waals surface area contributed by atoms with E-state index in [1.807, 2.05) is 25.2 Å². The minimum atomic E-state index is -0.236. The molecule has 2 N–H and O–H groups in total. The van der Waals surface area contributed by atoms with E-state index in [2.05, 4.69) is 27.7 Å². The maximum Gasteiger partial charge on any atom is 0.314 e. The Morgan fingerprint density at radius 3 is 2.27 bits per heavy atom. The molecule has 1 rings (SSSR count). The lowest BCUT2D eigenvalue weighted by molar-refractivity contribution is -0.128. The molecule has 0 saturated carbocycles. The summed E-state index contributed by atoms with van der Waals surface area (Å²) in [5.74, 6) is 0.00268. The summed E-state index contributed by atoms with van der Waals surface area (Å²) in [6, 6.07) is 9.96. The van der Waals surface area contributed by atoms with Crippen LogP contribution >= 0.6 is 0 Å². The molecule has 6 heteroatoms. The van der Waals surface area contributed by atoms with Crippen LogP contribution in [0.2, 0.25) is 0 Å². The van der Waals surface area contributed by atoms with E-state index >= 15 is 0 Å². The van der Waals surface area contributed by atoms with Gasteiger partial charge < -0.3 is 20.4 Å². The molecule has 122 valence electrons. The maximum absolute atomic E-state index is 11.6. The van der Waals surface area contributed by atoms with Crippen LogP contribution in [0.25, 0.3) is 0 Å². The van der Waals surface area contributed by atoms with Crippen LogP contribution in [0.4, 0.5) is 4.79 Å². The number of carbonyl (C=O) groups is 2. The third kappa shape index (κ3) is 7.64. The molecule has 0 fully saturated rings. The number of hydrogen-bond acceptors (Lipinski definition) is 3. The first-order chi connectivity index (χ1) is 10.5. The summed E-state index contributed by atoms with van der Waals surface area (Å²) in [7, 11) is 5.41. The smallest absolute Gasteiger partial charge is 0.314 e. The van der Waals surface area contributed by atoms with Crippen molar-refractivity contribution in [3.05, 3.63) is 35.9 Å². The predicted molar refractivity (Wildman–Crippen MR) is 87.5 cm³/mol. The molecule has 0 bridgehead atoms. The van der Waals surface area contributed by atoms with Crippen LogP contribution in [0.15, 0.2) is 30.3 Å². The van der Waals surface area contributed by atoms with Gasteiger partial charge >= 0.3 is 6.03 Å². The molecule has 0 spiro atoms. The van der Waals surface area contributed by atoms with Gasteiger partial charge in [0, 0.05) is 46.7 Å². The third-order valence-corrected chi connectivity index (χ3v) is 3.20. The standard InChI is InChI=1S/C16H26N4O2/c1-19(2)15(21)9-10-17-16(22)18-11-12-20(3)13-14-7-5-4-6-8-14/h4-8H,9-13H2,1-3H3,(H2,17,18,22). The number of urea groups is 1. The molecule has 0 aliphatic carbocycles. The summed E-state index contributed by atoms with van der Waals surface area (Å²) in [5, 5.41) is 5.46. The molecule has 0 aliphatic rings. The van der Waals surface area contributed by atoms with E-state index in [9.17, 15) is 9.59 Å². The van der Waals surface area contributed by atoms with Crippen LogP contribution in [0.3, 0.4) is 0 Å². The van der Waals surface area contributed by atoms with Crippen LogP contribution < -0.4 is 10.6 Å². The van der Waals surface area contributed by atoms with Crippen molar-refractivity contribution in [1.29, 1.82) is 0 Å². The second-order valence-corrected chi connectivity index (χ2v) is 5.44. The molecular formula is C16H26N4O2. The van der Waals surface area contributed by atoms with Crippen molar-refractivity contribution in [1.82, 2.24) is 20.4 Å². The van der Waals surface area contributed by atoms with Gasteiger partial charge in [0.05, 0.1) is 0 Å². The molecule has 0 saturated heterocycles. The maximum atomic E-state index is 11.6. The highest BCUT2D eigenvalue weighted by Gasteiger charge is 2.05. The highest BCUT2D eigenvalue weighted by molar-refractivity contribution is 5.77. The van der Waals surface area contributed by atoms with Gasteiger partial charge in [0.25, 0.3) is 0 Å². The molecule has 0 heterocycles. The fourth-order valence-corrected chi connectivity index (χ4v) is 1.90. The first kappa shape index (κ1) is 18.0. The molecule has 0 aromatic heterocycles. The molecular weight excluding hydrogens is 280 g/mol. The van der Waals surface area contributed by atoms with Gasteiger partial charge in [-0.1, -0.05) is 30.3 Å². The predicted octanol–water partition coefficient (Wildman–Crippen LogP) is 0.896. The van der Waals surface area contributed by atoms with Gasteiger partial charge in [-0.2, -0.15) is 0 Å². The van der Waals surface area contributed by atoms with Crippen LogP contribution in [0, 0.1) is 0 Å². The van der Waals surface area contributed by atoms with Crippen molar-refractivity contribution in [2.45, 2.75) is 13.0 Å². The lowest BCUT2D eigenvalue weighted by Gasteiger charge is -2.17. The van der Waals surface area contributed by atoms with Gasteiger partial charge in [-0.25, -0.2) is 4.79 Å². The second kappa shape index (κ2) is 9.78. The lowest BCUT2D eigenvalue weighted by Crippen LogP contribution is -2.40. The van der Waals surface area contributed by atoms with Gasteiger partial charge in [-0.3, -0.25) is 4.79 Å². The average Bonchev–Trinajstić information content (AvgIpc) is 2.48. The third-order valence-electron chi connectivity index (χ3n) is 3.20. The van der Waals surface area contributed by atoms with Gasteiger partial charge in [0.2, 0.25) is 5.91 Å². The van der Waals surface area contributed by atoms with E-state index in [0.29, 0.717) is 19.5 Å². The summed E-state index contributed by atoms with van der Waals surface area (Å²) in [6.45, 7) is 2.53. The van der Waals surface area contributed by atoms with Crippen molar-refractivity contribution < 1.29 is 9.59 Å². The van der Waals surface area contributed by atoms with E-state index in [-0.39, 0.29) is 11.9 Å². The molecule has 6 nitrogen and oxygen atoms in total. The fourth-order valence-electron chi connectivity index (χ4n) is 1.90. The second-order valence-electron chi connectivity index (χ2n) is 5.44. The zero-order valence-electron chi connectivity index (χ0n) is 13.6. The summed E-state index contributed by atoms with van der Waals surface area (Å²) in [5.41, 5.74) is 1.25. The Hall–Kier alpha value is -2.08. The Bertz CT molecular complexity index is 462. The van der Waals surface area contributed by atoms with Crippen LogP contribution in [-0.4, -0.2) is 62.5 Å². The minimum Gasteiger partial charge on any atom is -0.349 e. The number of benzene rings is 1. The lowest BCUT2D eigenvalue weighted by atomic mass is 10.2.